The molecule has 7 nitrogen and oxygen atoms in total. The molecule has 0 radical (unpaired) electrons. The van der Waals surface area contributed by atoms with E-state index in [-0.39, 0.29) is 29.4 Å². The Kier molecular flexibility index (Phi) is 5.54. The van der Waals surface area contributed by atoms with Gasteiger partial charge in [-0.25, -0.2) is 4.39 Å². The number of amides is 1. The molecule has 2 unspecified atom stereocenters. The molecule has 0 saturated heterocycles. The van der Waals surface area contributed by atoms with Crippen molar-refractivity contribution in [1.29, 1.82) is 0 Å². The van der Waals surface area contributed by atoms with Gasteiger partial charge in [0.05, 0.1) is 17.4 Å². The second kappa shape index (κ2) is 8.56. The monoisotopic (exact) mass is 517 g/mol. The summed E-state index contributed by atoms with van der Waals surface area (Å²) < 4.78 is 56.2. The summed E-state index contributed by atoms with van der Waals surface area (Å²) in [4.78, 5) is 25.2. The van der Waals surface area contributed by atoms with Crippen LogP contribution < -0.4 is 19.5 Å². The van der Waals surface area contributed by atoms with Crippen LogP contribution in [0, 0.1) is 17.7 Å². The molecule has 0 bridgehead atoms. The van der Waals surface area contributed by atoms with Crippen molar-refractivity contribution in [2.24, 2.45) is 11.8 Å². The van der Waals surface area contributed by atoms with Gasteiger partial charge in [-0.1, -0.05) is 18.6 Å². The molecular weight excluding hydrogens is 491 g/mol. The zero-order valence-electron chi connectivity index (χ0n) is 19.8. The average Bonchev–Trinajstić information content (AvgIpc) is 3.60. The molecule has 6 rings (SSSR count). The molecule has 4 aliphatic rings. The van der Waals surface area contributed by atoms with Crippen molar-refractivity contribution in [2.75, 3.05) is 0 Å². The molecule has 2 saturated carbocycles. The molecular formula is C27H26F3NO6. The van der Waals surface area contributed by atoms with Gasteiger partial charge in [0.1, 0.15) is 17.7 Å². The highest BCUT2D eigenvalue weighted by atomic mass is 19.3. The van der Waals surface area contributed by atoms with Crippen molar-refractivity contribution in [3.8, 4) is 17.2 Å². The number of hydrogen-bond donors (Lipinski definition) is 2. The highest BCUT2D eigenvalue weighted by molar-refractivity contribution is 5.92. The van der Waals surface area contributed by atoms with Gasteiger partial charge in [-0.15, -0.1) is 8.78 Å². The molecule has 1 amide bonds. The summed E-state index contributed by atoms with van der Waals surface area (Å²) in [5.74, 6) is -1.88. The Morgan fingerprint density at radius 1 is 0.973 bits per heavy atom. The number of carboxylic acids is 1. The van der Waals surface area contributed by atoms with Crippen molar-refractivity contribution in [1.82, 2.24) is 5.32 Å². The number of ether oxygens (including phenoxy) is 3. The van der Waals surface area contributed by atoms with E-state index in [2.05, 4.69) is 14.8 Å². The van der Waals surface area contributed by atoms with Crippen molar-refractivity contribution in [3.63, 3.8) is 0 Å². The molecule has 37 heavy (non-hydrogen) atoms. The first-order valence-electron chi connectivity index (χ1n) is 12.5. The van der Waals surface area contributed by atoms with Crippen molar-refractivity contribution in [3.05, 3.63) is 53.3 Å². The second-order valence-corrected chi connectivity index (χ2v) is 10.5. The minimum absolute atomic E-state index is 0.0314. The van der Waals surface area contributed by atoms with Crippen LogP contribution in [0.15, 0.2) is 36.4 Å². The third-order valence-corrected chi connectivity index (χ3v) is 8.13. The lowest BCUT2D eigenvalue weighted by atomic mass is 9.76. The van der Waals surface area contributed by atoms with E-state index in [0.29, 0.717) is 49.0 Å². The normalized spacial score (nSPS) is 28.5. The van der Waals surface area contributed by atoms with E-state index in [9.17, 15) is 27.9 Å². The summed E-state index contributed by atoms with van der Waals surface area (Å²) in [7, 11) is 0. The molecule has 0 aromatic heterocycles. The fourth-order valence-electron chi connectivity index (χ4n) is 6.00. The number of benzene rings is 2. The van der Waals surface area contributed by atoms with Gasteiger partial charge in [0, 0.05) is 18.1 Å². The standard InChI is InChI=1S/C27H26F3NO6/c28-17-5-6-18-19(13-21(35-22(18)12-17)14-2-1-3-15(10-14)24(32)33)31-25(34)26(8-9-26)16-4-7-20-23(11-16)37-27(29,30)36-20/h4-7,11-12,14-15,19,21H,1-3,8-10,13H2,(H,31,34)(H,32,33)/t14?,15?,19-,21-/m1/s1. The molecule has 0 spiro atoms. The Hall–Kier alpha value is -3.43. The summed E-state index contributed by atoms with van der Waals surface area (Å²) in [6.07, 6.45) is 0.0444. The van der Waals surface area contributed by atoms with Gasteiger partial charge >= 0.3 is 12.3 Å². The highest BCUT2D eigenvalue weighted by Gasteiger charge is 2.53. The number of aliphatic carboxylic acids is 1. The van der Waals surface area contributed by atoms with Crippen LogP contribution >= 0.6 is 0 Å². The molecule has 4 atom stereocenters. The van der Waals surface area contributed by atoms with Gasteiger partial charge in [0.25, 0.3) is 0 Å². The first-order chi connectivity index (χ1) is 17.6. The molecule has 2 aromatic carbocycles. The van der Waals surface area contributed by atoms with Crippen LogP contribution in [0.25, 0.3) is 0 Å². The molecule has 2 N–H and O–H groups in total. The van der Waals surface area contributed by atoms with Crippen LogP contribution in [0.3, 0.4) is 0 Å². The van der Waals surface area contributed by atoms with Gasteiger partial charge in [0.2, 0.25) is 5.91 Å². The van der Waals surface area contributed by atoms with Crippen molar-refractivity contribution < 1.29 is 42.1 Å². The number of nitrogens with one attached hydrogen (secondary N) is 1. The van der Waals surface area contributed by atoms with E-state index in [1.807, 2.05) is 0 Å². The van der Waals surface area contributed by atoms with E-state index in [1.165, 1.54) is 24.3 Å². The third-order valence-electron chi connectivity index (χ3n) is 8.13. The second-order valence-electron chi connectivity index (χ2n) is 10.5. The minimum atomic E-state index is -3.74. The summed E-state index contributed by atoms with van der Waals surface area (Å²) >= 11 is 0. The zero-order valence-corrected chi connectivity index (χ0v) is 19.8. The first-order valence-corrected chi connectivity index (χ1v) is 12.5. The van der Waals surface area contributed by atoms with E-state index >= 15 is 0 Å². The van der Waals surface area contributed by atoms with Gasteiger partial charge in [-0.2, -0.15) is 0 Å². The topological polar surface area (TPSA) is 94.1 Å². The Morgan fingerprint density at radius 2 is 1.76 bits per heavy atom. The lowest BCUT2D eigenvalue weighted by Crippen LogP contribution is -2.44. The molecule has 2 aromatic rings. The maximum Gasteiger partial charge on any atom is 0.586 e. The van der Waals surface area contributed by atoms with E-state index in [4.69, 9.17) is 4.74 Å². The predicted molar refractivity (Wildman–Crippen MR) is 123 cm³/mol. The number of carbonyl (C=O) groups is 2. The largest absolute Gasteiger partial charge is 0.586 e. The van der Waals surface area contributed by atoms with Gasteiger partial charge in [0.15, 0.2) is 11.5 Å². The quantitative estimate of drug-likeness (QED) is 0.575. The zero-order chi connectivity index (χ0) is 25.9. The first kappa shape index (κ1) is 23.9. The maximum atomic E-state index is 14.1. The number of carbonyl (C=O) groups excluding carboxylic acids is 1. The Morgan fingerprint density at radius 3 is 2.51 bits per heavy atom. The number of hydrogen-bond acceptors (Lipinski definition) is 5. The Bertz CT molecular complexity index is 1260. The van der Waals surface area contributed by atoms with Gasteiger partial charge < -0.3 is 24.6 Å². The lowest BCUT2D eigenvalue weighted by molar-refractivity contribution is -0.286. The summed E-state index contributed by atoms with van der Waals surface area (Å²) in [5, 5.41) is 12.6. The number of rotatable bonds is 5. The van der Waals surface area contributed by atoms with E-state index in [0.717, 1.165) is 12.8 Å². The minimum Gasteiger partial charge on any atom is -0.490 e. The smallest absolute Gasteiger partial charge is 0.490 e. The number of carboxylic acid groups (broad SMARTS) is 1. The molecule has 10 heteroatoms. The van der Waals surface area contributed by atoms with Gasteiger partial charge in [-0.3, -0.25) is 9.59 Å². The fourth-order valence-corrected chi connectivity index (χ4v) is 6.00. The summed E-state index contributed by atoms with van der Waals surface area (Å²) in [6.45, 7) is 0. The Balaban J connectivity index is 1.24. The number of alkyl halides is 2. The molecule has 196 valence electrons. The van der Waals surface area contributed by atoms with Crippen LogP contribution in [0.2, 0.25) is 0 Å². The SMILES string of the molecule is O=C(O)C1CCCC([C@H]2C[C@@H](NC(=O)C3(c4ccc5c(c4)OC(F)(F)O5)CC3)c3ccc(F)cc3O2)C1. The molecule has 2 fully saturated rings. The number of fused-ring (bicyclic) bond motifs is 2. The Labute approximate surface area is 210 Å². The molecule has 2 aliphatic heterocycles. The lowest BCUT2D eigenvalue weighted by Gasteiger charge is -2.39. The number of halogens is 3. The summed E-state index contributed by atoms with van der Waals surface area (Å²) in [6, 6.07) is 8.13. The van der Waals surface area contributed by atoms with Crippen LogP contribution in [-0.2, 0) is 15.0 Å². The maximum absolute atomic E-state index is 14.1. The molecule has 2 aliphatic carbocycles. The van der Waals surface area contributed by atoms with Crippen LogP contribution in [-0.4, -0.2) is 29.4 Å². The highest BCUT2D eigenvalue weighted by Crippen LogP contribution is 2.52. The van der Waals surface area contributed by atoms with E-state index in [1.54, 1.807) is 12.1 Å². The van der Waals surface area contributed by atoms with Crippen LogP contribution in [0.5, 0.6) is 17.2 Å². The summed E-state index contributed by atoms with van der Waals surface area (Å²) in [5.41, 5.74) is 0.325. The van der Waals surface area contributed by atoms with Crippen LogP contribution in [0.1, 0.15) is 62.1 Å². The average molecular weight is 518 g/mol. The fraction of sp³-hybridized carbons (Fsp3) is 0.481. The van der Waals surface area contributed by atoms with Crippen LogP contribution in [0.4, 0.5) is 13.2 Å². The van der Waals surface area contributed by atoms with Crippen molar-refractivity contribution >= 4 is 11.9 Å². The third kappa shape index (κ3) is 4.36. The van der Waals surface area contributed by atoms with Gasteiger partial charge in [-0.05, 0) is 61.8 Å². The predicted octanol–water partition coefficient (Wildman–Crippen LogP) is 5.08. The van der Waals surface area contributed by atoms with Crippen molar-refractivity contribution in [2.45, 2.75) is 68.8 Å². The molecule has 2 heterocycles. The van der Waals surface area contributed by atoms with E-state index < -0.39 is 35.5 Å².